The second-order valence-electron chi connectivity index (χ2n) is 3.87. The molecule has 0 aliphatic carbocycles. The van der Waals surface area contributed by atoms with E-state index in [0.29, 0.717) is 0 Å². The molecule has 0 saturated carbocycles. The lowest BCUT2D eigenvalue weighted by atomic mass is 10.3. The molecule has 0 bridgehead atoms. The highest BCUT2D eigenvalue weighted by atomic mass is 32.2. The molecule has 0 aliphatic rings. The zero-order chi connectivity index (χ0) is 14.2. The number of benzene rings is 1. The normalized spacial score (nSPS) is 11.2. The SMILES string of the molecule is CS(=O)(=O)c1ccc(-n2cc(C#N)c(N)n2)c(F)c1. The molecule has 8 heteroatoms. The minimum absolute atomic E-state index is 0.0144. The first-order valence-electron chi connectivity index (χ1n) is 5.08. The summed E-state index contributed by atoms with van der Waals surface area (Å²) in [6.45, 7) is 0. The van der Waals surface area contributed by atoms with Crippen LogP contribution in [0.25, 0.3) is 5.69 Å². The summed E-state index contributed by atoms with van der Waals surface area (Å²) < 4.78 is 37.5. The zero-order valence-corrected chi connectivity index (χ0v) is 10.6. The van der Waals surface area contributed by atoms with Crippen LogP contribution in [0.3, 0.4) is 0 Å². The standard InChI is InChI=1S/C11H9FN4O2S/c1-19(17,18)8-2-3-10(9(12)4-8)16-6-7(5-13)11(14)15-16/h2-4,6H,1H3,(H2,14,15). The van der Waals surface area contributed by atoms with Crippen LogP contribution < -0.4 is 5.73 Å². The highest BCUT2D eigenvalue weighted by molar-refractivity contribution is 7.90. The van der Waals surface area contributed by atoms with Crippen molar-refractivity contribution in [1.29, 1.82) is 5.26 Å². The number of nitrogens with zero attached hydrogens (tertiary/aromatic N) is 3. The van der Waals surface area contributed by atoms with Crippen molar-refractivity contribution in [2.24, 2.45) is 0 Å². The van der Waals surface area contributed by atoms with Crippen LogP contribution in [-0.2, 0) is 9.84 Å². The Balaban J connectivity index is 2.56. The summed E-state index contributed by atoms with van der Waals surface area (Å²) in [6.07, 6.45) is 2.26. The third-order valence-corrected chi connectivity index (χ3v) is 3.57. The number of anilines is 1. The number of aromatic nitrogens is 2. The summed E-state index contributed by atoms with van der Waals surface area (Å²) >= 11 is 0. The van der Waals surface area contributed by atoms with E-state index in [-0.39, 0.29) is 22.0 Å². The van der Waals surface area contributed by atoms with Gasteiger partial charge in [0.25, 0.3) is 0 Å². The average Bonchev–Trinajstić information content (AvgIpc) is 2.69. The highest BCUT2D eigenvalue weighted by Crippen LogP contribution is 2.19. The van der Waals surface area contributed by atoms with E-state index in [2.05, 4.69) is 5.10 Å². The minimum atomic E-state index is -3.48. The first kappa shape index (κ1) is 13.0. The van der Waals surface area contributed by atoms with E-state index < -0.39 is 15.7 Å². The fraction of sp³-hybridized carbons (Fsp3) is 0.0909. The molecule has 0 atom stereocenters. The molecule has 2 aromatic rings. The van der Waals surface area contributed by atoms with Crippen molar-refractivity contribution >= 4 is 15.7 Å². The van der Waals surface area contributed by atoms with E-state index in [0.717, 1.165) is 17.0 Å². The maximum atomic E-state index is 13.9. The van der Waals surface area contributed by atoms with Gasteiger partial charge in [0.15, 0.2) is 15.7 Å². The van der Waals surface area contributed by atoms with Gasteiger partial charge in [-0.05, 0) is 18.2 Å². The Labute approximate surface area is 108 Å². The molecule has 0 saturated heterocycles. The molecule has 0 aliphatic heterocycles. The van der Waals surface area contributed by atoms with Crippen molar-refractivity contribution in [2.45, 2.75) is 4.90 Å². The summed E-state index contributed by atoms with van der Waals surface area (Å²) in [5, 5.41) is 12.5. The summed E-state index contributed by atoms with van der Waals surface area (Å²) in [5.74, 6) is -0.788. The van der Waals surface area contributed by atoms with E-state index in [1.807, 2.05) is 6.07 Å². The van der Waals surface area contributed by atoms with Crippen molar-refractivity contribution in [3.8, 4) is 11.8 Å². The van der Waals surface area contributed by atoms with Crippen LogP contribution in [0, 0.1) is 17.1 Å². The topological polar surface area (TPSA) is 102 Å². The van der Waals surface area contributed by atoms with Crippen LogP contribution in [0.2, 0.25) is 0 Å². The predicted molar refractivity (Wildman–Crippen MR) is 65.8 cm³/mol. The molecule has 0 spiro atoms. The first-order chi connectivity index (χ1) is 8.82. The summed E-state index contributed by atoms with van der Waals surface area (Å²) in [7, 11) is -3.48. The highest BCUT2D eigenvalue weighted by Gasteiger charge is 2.14. The van der Waals surface area contributed by atoms with Gasteiger partial charge < -0.3 is 5.73 Å². The predicted octanol–water partition coefficient (Wildman–Crippen LogP) is 0.869. The molecule has 98 valence electrons. The fourth-order valence-electron chi connectivity index (χ4n) is 1.50. The number of hydrogen-bond donors (Lipinski definition) is 1. The molecule has 6 nitrogen and oxygen atoms in total. The van der Waals surface area contributed by atoms with Crippen LogP contribution in [0.15, 0.2) is 29.3 Å². The van der Waals surface area contributed by atoms with Crippen LogP contribution in [-0.4, -0.2) is 24.5 Å². The van der Waals surface area contributed by atoms with E-state index in [9.17, 15) is 12.8 Å². The molecule has 0 radical (unpaired) electrons. The van der Waals surface area contributed by atoms with Gasteiger partial charge in [0.1, 0.15) is 23.1 Å². The molecule has 1 aromatic carbocycles. The molecular weight excluding hydrogens is 271 g/mol. The second-order valence-corrected chi connectivity index (χ2v) is 5.89. The molecule has 0 unspecified atom stereocenters. The van der Waals surface area contributed by atoms with E-state index in [1.54, 1.807) is 0 Å². The number of nitriles is 1. The summed E-state index contributed by atoms with van der Waals surface area (Å²) in [6, 6.07) is 5.24. The van der Waals surface area contributed by atoms with E-state index in [1.165, 1.54) is 18.3 Å². The fourth-order valence-corrected chi connectivity index (χ4v) is 2.13. The smallest absolute Gasteiger partial charge is 0.175 e. The minimum Gasteiger partial charge on any atom is -0.381 e. The van der Waals surface area contributed by atoms with Crippen LogP contribution in [0.4, 0.5) is 10.2 Å². The molecule has 19 heavy (non-hydrogen) atoms. The van der Waals surface area contributed by atoms with Crippen molar-refractivity contribution < 1.29 is 12.8 Å². The monoisotopic (exact) mass is 280 g/mol. The van der Waals surface area contributed by atoms with Crippen molar-refractivity contribution in [2.75, 3.05) is 12.0 Å². The van der Waals surface area contributed by atoms with Gasteiger partial charge in [-0.1, -0.05) is 0 Å². The van der Waals surface area contributed by atoms with Crippen LogP contribution in [0.1, 0.15) is 5.56 Å². The lowest BCUT2D eigenvalue weighted by molar-refractivity contribution is 0.591. The molecule has 2 N–H and O–H groups in total. The van der Waals surface area contributed by atoms with Gasteiger partial charge >= 0.3 is 0 Å². The van der Waals surface area contributed by atoms with Crippen molar-refractivity contribution in [1.82, 2.24) is 9.78 Å². The number of hydrogen-bond acceptors (Lipinski definition) is 5. The maximum absolute atomic E-state index is 13.9. The quantitative estimate of drug-likeness (QED) is 0.879. The molecule has 1 aromatic heterocycles. The average molecular weight is 280 g/mol. The number of nitrogen functional groups attached to an aromatic ring is 1. The Morgan fingerprint density at radius 3 is 2.63 bits per heavy atom. The summed E-state index contributed by atoms with van der Waals surface area (Å²) in [4.78, 5) is -0.130. The Hall–Kier alpha value is -2.40. The maximum Gasteiger partial charge on any atom is 0.175 e. The Morgan fingerprint density at radius 2 is 2.16 bits per heavy atom. The van der Waals surface area contributed by atoms with Gasteiger partial charge in [-0.3, -0.25) is 0 Å². The molecule has 0 amide bonds. The molecule has 0 fully saturated rings. The molecular formula is C11H9FN4O2S. The van der Waals surface area contributed by atoms with E-state index >= 15 is 0 Å². The third kappa shape index (κ3) is 2.41. The largest absolute Gasteiger partial charge is 0.381 e. The number of sulfone groups is 1. The Bertz CT molecular complexity index is 790. The third-order valence-electron chi connectivity index (χ3n) is 2.46. The van der Waals surface area contributed by atoms with Crippen molar-refractivity contribution in [3.05, 3.63) is 35.8 Å². The van der Waals surface area contributed by atoms with Crippen LogP contribution >= 0.6 is 0 Å². The van der Waals surface area contributed by atoms with Gasteiger partial charge in [-0.15, -0.1) is 5.10 Å². The summed E-state index contributed by atoms with van der Waals surface area (Å²) in [5.41, 5.74) is 5.60. The first-order valence-corrected chi connectivity index (χ1v) is 6.97. The van der Waals surface area contributed by atoms with Gasteiger partial charge in [-0.25, -0.2) is 17.5 Å². The second kappa shape index (κ2) is 4.37. The van der Waals surface area contributed by atoms with E-state index in [4.69, 9.17) is 11.0 Å². The lowest BCUT2D eigenvalue weighted by Gasteiger charge is -2.04. The van der Waals surface area contributed by atoms with Gasteiger partial charge in [0.05, 0.1) is 11.1 Å². The van der Waals surface area contributed by atoms with Gasteiger partial charge in [-0.2, -0.15) is 5.26 Å². The lowest BCUT2D eigenvalue weighted by Crippen LogP contribution is -2.03. The number of halogens is 1. The Kier molecular flexibility index (Phi) is 3.00. The van der Waals surface area contributed by atoms with Crippen LogP contribution in [0.5, 0.6) is 0 Å². The molecule has 2 rings (SSSR count). The zero-order valence-electron chi connectivity index (χ0n) is 9.83. The number of nitrogens with two attached hydrogens (primary N) is 1. The van der Waals surface area contributed by atoms with Gasteiger partial charge in [0.2, 0.25) is 0 Å². The van der Waals surface area contributed by atoms with Crippen molar-refractivity contribution in [3.63, 3.8) is 0 Å². The van der Waals surface area contributed by atoms with Gasteiger partial charge in [0, 0.05) is 6.26 Å². The number of rotatable bonds is 2. The Morgan fingerprint density at radius 1 is 1.47 bits per heavy atom. The molecule has 1 heterocycles.